The van der Waals surface area contributed by atoms with Crippen LogP contribution in [0.1, 0.15) is 20.3 Å². The Kier molecular flexibility index (Phi) is 7.19. The molecule has 1 atom stereocenters. The van der Waals surface area contributed by atoms with Gasteiger partial charge in [0, 0.05) is 13.6 Å². The quantitative estimate of drug-likeness (QED) is 0.582. The second kappa shape index (κ2) is 7.23. The zero-order chi connectivity index (χ0) is 11.1. The number of carbonyl (C=O) groups excluding carboxylic acids is 1. The van der Waals surface area contributed by atoms with E-state index in [2.05, 4.69) is 21.2 Å². The van der Waals surface area contributed by atoms with E-state index in [-0.39, 0.29) is 10.7 Å². The molecule has 0 fully saturated rings. The van der Waals surface area contributed by atoms with Gasteiger partial charge in [0.1, 0.15) is 0 Å². The Morgan fingerprint density at radius 3 is 2.50 bits per heavy atom. The Balaban J connectivity index is 3.86. The maximum Gasteiger partial charge on any atom is 0.236 e. The molecule has 0 aromatic carbocycles. The van der Waals surface area contributed by atoms with Crippen molar-refractivity contribution in [1.82, 2.24) is 10.2 Å². The molecule has 3 nitrogen and oxygen atoms in total. The number of carbonyl (C=O) groups is 1. The molecule has 0 saturated carbocycles. The van der Waals surface area contributed by atoms with Crippen LogP contribution < -0.4 is 5.32 Å². The fourth-order valence-corrected chi connectivity index (χ4v) is 1.45. The number of hydrogen-bond acceptors (Lipinski definition) is 2. The summed E-state index contributed by atoms with van der Waals surface area (Å²) in [5, 5.41) is 3.06. The fourth-order valence-electron chi connectivity index (χ4n) is 1.10. The van der Waals surface area contributed by atoms with E-state index in [4.69, 9.17) is 0 Å². The van der Waals surface area contributed by atoms with Crippen LogP contribution in [0.3, 0.4) is 0 Å². The van der Waals surface area contributed by atoms with Crippen LogP contribution in [0.5, 0.6) is 0 Å². The number of amides is 1. The van der Waals surface area contributed by atoms with Crippen molar-refractivity contribution in [1.29, 1.82) is 0 Å². The molecule has 0 aromatic rings. The molecule has 1 N–H and O–H groups in total. The van der Waals surface area contributed by atoms with Crippen LogP contribution in [0.15, 0.2) is 0 Å². The molecule has 0 heterocycles. The summed E-state index contributed by atoms with van der Waals surface area (Å²) in [6.07, 6.45) is 0.997. The number of nitrogens with one attached hydrogen (secondary N) is 1. The van der Waals surface area contributed by atoms with Crippen LogP contribution in [0.2, 0.25) is 0 Å². The van der Waals surface area contributed by atoms with Gasteiger partial charge in [-0.1, -0.05) is 29.8 Å². The second-order valence-corrected chi connectivity index (χ2v) is 4.85. The van der Waals surface area contributed by atoms with E-state index in [1.807, 2.05) is 27.9 Å². The average Bonchev–Trinajstić information content (AvgIpc) is 2.15. The number of alkyl halides is 1. The molecule has 4 heteroatoms. The lowest BCUT2D eigenvalue weighted by molar-refractivity contribution is -0.129. The van der Waals surface area contributed by atoms with Crippen molar-refractivity contribution in [2.45, 2.75) is 25.1 Å². The van der Waals surface area contributed by atoms with E-state index < -0.39 is 0 Å². The molecule has 1 amide bonds. The zero-order valence-corrected chi connectivity index (χ0v) is 11.1. The summed E-state index contributed by atoms with van der Waals surface area (Å²) in [6, 6.07) is 0. The average molecular weight is 265 g/mol. The largest absolute Gasteiger partial charge is 0.345 e. The van der Waals surface area contributed by atoms with E-state index in [1.165, 1.54) is 0 Å². The van der Waals surface area contributed by atoms with Crippen molar-refractivity contribution in [3.8, 4) is 0 Å². The SMILES string of the molecule is CNCCCN(C)C(=O)C(Br)C(C)C. The molecule has 0 saturated heterocycles. The molecule has 0 aliphatic rings. The van der Waals surface area contributed by atoms with Gasteiger partial charge in [-0.15, -0.1) is 0 Å². The van der Waals surface area contributed by atoms with E-state index in [1.54, 1.807) is 4.90 Å². The van der Waals surface area contributed by atoms with Gasteiger partial charge < -0.3 is 10.2 Å². The summed E-state index contributed by atoms with van der Waals surface area (Å²) in [6.45, 7) is 5.85. The molecule has 1 unspecified atom stereocenters. The smallest absolute Gasteiger partial charge is 0.236 e. The normalized spacial score (nSPS) is 13.0. The molecule has 0 aliphatic heterocycles. The predicted octanol–water partition coefficient (Wildman–Crippen LogP) is 1.47. The molecule has 84 valence electrons. The van der Waals surface area contributed by atoms with Gasteiger partial charge in [-0.25, -0.2) is 0 Å². The summed E-state index contributed by atoms with van der Waals surface area (Å²) in [7, 11) is 3.78. The molecule has 0 aliphatic carbocycles. The second-order valence-electron chi connectivity index (χ2n) is 3.86. The first-order valence-corrected chi connectivity index (χ1v) is 5.96. The maximum absolute atomic E-state index is 11.7. The van der Waals surface area contributed by atoms with E-state index >= 15 is 0 Å². The number of halogens is 1. The third-order valence-corrected chi connectivity index (χ3v) is 3.57. The molecule has 0 radical (unpaired) electrons. The molecule has 0 rings (SSSR count). The van der Waals surface area contributed by atoms with Gasteiger partial charge in [-0.2, -0.15) is 0 Å². The summed E-state index contributed by atoms with van der Waals surface area (Å²) in [5.41, 5.74) is 0. The highest BCUT2D eigenvalue weighted by Gasteiger charge is 2.21. The Morgan fingerprint density at radius 1 is 1.50 bits per heavy atom. The van der Waals surface area contributed by atoms with Crippen LogP contribution >= 0.6 is 15.9 Å². The fraction of sp³-hybridized carbons (Fsp3) is 0.900. The minimum Gasteiger partial charge on any atom is -0.345 e. The zero-order valence-electron chi connectivity index (χ0n) is 9.51. The van der Waals surface area contributed by atoms with Gasteiger partial charge in [-0.3, -0.25) is 4.79 Å². The Morgan fingerprint density at radius 2 is 2.07 bits per heavy atom. The number of hydrogen-bond donors (Lipinski definition) is 1. The predicted molar refractivity (Wildman–Crippen MR) is 63.7 cm³/mol. The highest BCUT2D eigenvalue weighted by Crippen LogP contribution is 2.14. The number of nitrogens with zero attached hydrogens (tertiary/aromatic N) is 1. The van der Waals surface area contributed by atoms with Crippen LogP contribution in [0.25, 0.3) is 0 Å². The number of rotatable bonds is 6. The topological polar surface area (TPSA) is 32.3 Å². The van der Waals surface area contributed by atoms with Gasteiger partial charge in [0.25, 0.3) is 0 Å². The van der Waals surface area contributed by atoms with E-state index in [0.717, 1.165) is 19.5 Å². The van der Waals surface area contributed by atoms with Crippen molar-refractivity contribution in [3.63, 3.8) is 0 Å². The Hall–Kier alpha value is -0.0900. The van der Waals surface area contributed by atoms with Crippen molar-refractivity contribution >= 4 is 21.8 Å². The minimum absolute atomic E-state index is 0.0536. The van der Waals surface area contributed by atoms with Crippen molar-refractivity contribution in [3.05, 3.63) is 0 Å². The van der Waals surface area contributed by atoms with E-state index in [9.17, 15) is 4.79 Å². The first kappa shape index (κ1) is 13.9. The van der Waals surface area contributed by atoms with Crippen LogP contribution in [-0.2, 0) is 4.79 Å². The van der Waals surface area contributed by atoms with Crippen LogP contribution in [-0.4, -0.2) is 42.8 Å². The molecular formula is C10H21BrN2O. The van der Waals surface area contributed by atoms with Gasteiger partial charge in [0.05, 0.1) is 4.83 Å². The molecule has 0 aromatic heterocycles. The van der Waals surface area contributed by atoms with E-state index in [0.29, 0.717) is 5.92 Å². The molecule has 14 heavy (non-hydrogen) atoms. The highest BCUT2D eigenvalue weighted by atomic mass is 79.9. The highest BCUT2D eigenvalue weighted by molar-refractivity contribution is 9.10. The van der Waals surface area contributed by atoms with Crippen LogP contribution in [0.4, 0.5) is 0 Å². The lowest BCUT2D eigenvalue weighted by Crippen LogP contribution is -2.37. The third kappa shape index (κ3) is 4.96. The monoisotopic (exact) mass is 264 g/mol. The van der Waals surface area contributed by atoms with Gasteiger partial charge in [0.2, 0.25) is 5.91 Å². The first-order chi connectivity index (χ1) is 6.50. The Labute approximate surface area is 95.4 Å². The minimum atomic E-state index is -0.0536. The van der Waals surface area contributed by atoms with Gasteiger partial charge >= 0.3 is 0 Å². The van der Waals surface area contributed by atoms with Crippen LogP contribution in [0, 0.1) is 5.92 Å². The van der Waals surface area contributed by atoms with Crippen molar-refractivity contribution in [2.75, 3.05) is 27.2 Å². The summed E-state index contributed by atoms with van der Waals surface area (Å²) in [5.74, 6) is 0.519. The third-order valence-electron chi connectivity index (χ3n) is 2.12. The van der Waals surface area contributed by atoms with Crippen molar-refractivity contribution in [2.24, 2.45) is 5.92 Å². The maximum atomic E-state index is 11.7. The molecular weight excluding hydrogens is 244 g/mol. The summed E-state index contributed by atoms with van der Waals surface area (Å²) < 4.78 is 0. The summed E-state index contributed by atoms with van der Waals surface area (Å²) >= 11 is 3.41. The Bertz CT molecular complexity index is 174. The molecule has 0 spiro atoms. The lowest BCUT2D eigenvalue weighted by atomic mass is 10.1. The summed E-state index contributed by atoms with van der Waals surface area (Å²) in [4.78, 5) is 13.5. The standard InChI is InChI=1S/C10H21BrN2O/c1-8(2)9(11)10(14)13(4)7-5-6-12-3/h8-9,12H,5-7H2,1-4H3. The molecule has 0 bridgehead atoms. The van der Waals surface area contributed by atoms with Gasteiger partial charge in [0.15, 0.2) is 0 Å². The first-order valence-electron chi connectivity index (χ1n) is 5.04. The van der Waals surface area contributed by atoms with Crippen molar-refractivity contribution < 1.29 is 4.79 Å². The van der Waals surface area contributed by atoms with Gasteiger partial charge in [-0.05, 0) is 25.9 Å². The lowest BCUT2D eigenvalue weighted by Gasteiger charge is -2.22.